The van der Waals surface area contributed by atoms with Crippen LogP contribution in [-0.4, -0.2) is 38.6 Å². The maximum atomic E-state index is 11.2. The van der Waals surface area contributed by atoms with Gasteiger partial charge in [0.15, 0.2) is 0 Å². The van der Waals surface area contributed by atoms with Crippen LogP contribution < -0.4 is 0 Å². The van der Waals surface area contributed by atoms with Crippen LogP contribution in [0.4, 0.5) is 0 Å². The third-order valence-corrected chi connectivity index (χ3v) is 7.52. The van der Waals surface area contributed by atoms with E-state index in [0.717, 1.165) is 5.56 Å². The van der Waals surface area contributed by atoms with E-state index in [1.54, 1.807) is 12.1 Å². The van der Waals surface area contributed by atoms with Gasteiger partial charge in [0.25, 0.3) is 9.05 Å². The standard InChI is InChI=1S/C11H17ClO5SSi/c1-9(19(15-2,16-3)17-4)10-5-7-11(8-6-10)18(12,13)14/h5-9H,1-4H3. The molecule has 0 saturated heterocycles. The second kappa shape index (κ2) is 6.34. The molecule has 0 spiro atoms. The van der Waals surface area contributed by atoms with E-state index in [9.17, 15) is 8.42 Å². The quantitative estimate of drug-likeness (QED) is 0.592. The van der Waals surface area contributed by atoms with Crippen LogP contribution in [0.25, 0.3) is 0 Å². The Morgan fingerprint density at radius 3 is 1.79 bits per heavy atom. The molecule has 0 fully saturated rings. The first kappa shape index (κ1) is 16.6. The summed E-state index contributed by atoms with van der Waals surface area (Å²) in [4.78, 5) is 0.0598. The highest BCUT2D eigenvalue weighted by Crippen LogP contribution is 2.29. The monoisotopic (exact) mass is 324 g/mol. The van der Waals surface area contributed by atoms with Gasteiger partial charge in [-0.1, -0.05) is 19.1 Å². The molecule has 0 aliphatic rings. The van der Waals surface area contributed by atoms with Crippen molar-refractivity contribution in [3.63, 3.8) is 0 Å². The average molecular weight is 325 g/mol. The summed E-state index contributed by atoms with van der Waals surface area (Å²) in [5.41, 5.74) is 0.737. The Balaban J connectivity index is 3.10. The Morgan fingerprint density at radius 1 is 1.05 bits per heavy atom. The van der Waals surface area contributed by atoms with Crippen molar-refractivity contribution < 1.29 is 21.7 Å². The van der Waals surface area contributed by atoms with Gasteiger partial charge in [-0.3, -0.25) is 0 Å². The zero-order valence-electron chi connectivity index (χ0n) is 11.2. The van der Waals surface area contributed by atoms with Gasteiger partial charge in [-0.05, 0) is 17.7 Å². The summed E-state index contributed by atoms with van der Waals surface area (Å²) >= 11 is 0. The molecule has 0 radical (unpaired) electrons. The predicted molar refractivity (Wildman–Crippen MR) is 74.7 cm³/mol. The topological polar surface area (TPSA) is 61.8 Å². The normalized spacial score (nSPS) is 14.4. The van der Waals surface area contributed by atoms with E-state index in [1.165, 1.54) is 33.5 Å². The molecule has 0 aliphatic carbocycles. The fraction of sp³-hybridized carbons (Fsp3) is 0.455. The third kappa shape index (κ3) is 3.56. The highest BCUT2D eigenvalue weighted by atomic mass is 35.7. The summed E-state index contributed by atoms with van der Waals surface area (Å²) in [6.07, 6.45) is 0. The number of halogens is 1. The van der Waals surface area contributed by atoms with Crippen molar-refractivity contribution in [2.24, 2.45) is 0 Å². The molecule has 0 saturated carbocycles. The molecule has 19 heavy (non-hydrogen) atoms. The molecule has 0 bridgehead atoms. The van der Waals surface area contributed by atoms with Crippen LogP contribution in [0.3, 0.4) is 0 Å². The largest absolute Gasteiger partial charge is 0.507 e. The van der Waals surface area contributed by atoms with Crippen molar-refractivity contribution in [3.05, 3.63) is 29.8 Å². The van der Waals surface area contributed by atoms with Gasteiger partial charge in [-0.15, -0.1) is 0 Å². The van der Waals surface area contributed by atoms with Crippen LogP contribution >= 0.6 is 10.7 Å². The van der Waals surface area contributed by atoms with E-state index in [-0.39, 0.29) is 10.4 Å². The van der Waals surface area contributed by atoms with Crippen molar-refractivity contribution in [2.75, 3.05) is 21.3 Å². The number of rotatable bonds is 6. The minimum atomic E-state index is -3.71. The Hall–Kier alpha value is -0.443. The fourth-order valence-electron chi connectivity index (χ4n) is 1.90. The second-order valence-corrected chi connectivity index (χ2v) is 9.81. The first-order chi connectivity index (χ1) is 8.80. The van der Waals surface area contributed by atoms with E-state index < -0.39 is 17.9 Å². The SMILES string of the molecule is CO[Si](OC)(OC)C(C)c1ccc(S(=O)(=O)Cl)cc1. The molecule has 108 valence electrons. The minimum absolute atomic E-state index is 0.0598. The van der Waals surface area contributed by atoms with E-state index in [1.807, 2.05) is 6.92 Å². The summed E-state index contributed by atoms with van der Waals surface area (Å²) in [6.45, 7) is 1.91. The molecule has 0 amide bonds. The maximum absolute atomic E-state index is 11.2. The lowest BCUT2D eigenvalue weighted by atomic mass is 10.2. The Morgan fingerprint density at radius 2 is 1.47 bits per heavy atom. The van der Waals surface area contributed by atoms with Crippen molar-refractivity contribution in [3.8, 4) is 0 Å². The van der Waals surface area contributed by atoms with Gasteiger partial charge in [-0.25, -0.2) is 8.42 Å². The van der Waals surface area contributed by atoms with Gasteiger partial charge in [0.2, 0.25) is 0 Å². The van der Waals surface area contributed by atoms with Crippen LogP contribution in [0, 0.1) is 0 Å². The molecule has 0 heterocycles. The number of hydrogen-bond acceptors (Lipinski definition) is 5. The lowest BCUT2D eigenvalue weighted by molar-refractivity contribution is 0.114. The van der Waals surface area contributed by atoms with Crippen molar-refractivity contribution in [1.82, 2.24) is 0 Å². The fourth-order valence-corrected chi connectivity index (χ4v) is 4.83. The van der Waals surface area contributed by atoms with Crippen LogP contribution in [0.2, 0.25) is 0 Å². The predicted octanol–water partition coefficient (Wildman–Crippen LogP) is 2.13. The van der Waals surface area contributed by atoms with Crippen LogP contribution in [0.5, 0.6) is 0 Å². The van der Waals surface area contributed by atoms with E-state index in [2.05, 4.69) is 0 Å². The van der Waals surface area contributed by atoms with E-state index in [0.29, 0.717) is 0 Å². The second-order valence-electron chi connectivity index (χ2n) is 3.94. The summed E-state index contributed by atoms with van der Waals surface area (Å²) in [7, 11) is 3.36. The summed E-state index contributed by atoms with van der Waals surface area (Å²) in [5.74, 6) is 0. The van der Waals surface area contributed by atoms with Gasteiger partial charge in [0.1, 0.15) is 0 Å². The van der Waals surface area contributed by atoms with E-state index in [4.69, 9.17) is 24.0 Å². The van der Waals surface area contributed by atoms with Gasteiger partial charge < -0.3 is 13.3 Å². The maximum Gasteiger partial charge on any atom is 0.507 e. The summed E-state index contributed by atoms with van der Waals surface area (Å²) in [5, 5.41) is 0. The van der Waals surface area contributed by atoms with Crippen molar-refractivity contribution in [1.29, 1.82) is 0 Å². The molecule has 0 aliphatic heterocycles. The van der Waals surface area contributed by atoms with Gasteiger partial charge in [-0.2, -0.15) is 0 Å². The number of hydrogen-bond donors (Lipinski definition) is 0. The minimum Gasteiger partial charge on any atom is -0.376 e. The van der Waals surface area contributed by atoms with E-state index >= 15 is 0 Å². The Bertz CT molecular complexity index is 504. The smallest absolute Gasteiger partial charge is 0.376 e. The van der Waals surface area contributed by atoms with Crippen molar-refractivity contribution >= 4 is 28.5 Å². The molecule has 1 aromatic rings. The molecule has 8 heteroatoms. The highest BCUT2D eigenvalue weighted by molar-refractivity contribution is 8.13. The Labute approximate surface area is 119 Å². The first-order valence-corrected chi connectivity index (χ1v) is 9.62. The van der Waals surface area contributed by atoms with Gasteiger partial charge >= 0.3 is 8.80 Å². The first-order valence-electron chi connectivity index (χ1n) is 5.50. The van der Waals surface area contributed by atoms with Crippen LogP contribution in [0.1, 0.15) is 18.0 Å². The van der Waals surface area contributed by atoms with Crippen molar-refractivity contribution in [2.45, 2.75) is 17.4 Å². The lowest BCUT2D eigenvalue weighted by Gasteiger charge is -2.30. The molecule has 1 atom stereocenters. The molecule has 1 aromatic carbocycles. The third-order valence-electron chi connectivity index (χ3n) is 3.05. The highest BCUT2D eigenvalue weighted by Gasteiger charge is 2.45. The molecule has 0 aromatic heterocycles. The van der Waals surface area contributed by atoms with Gasteiger partial charge in [0, 0.05) is 32.0 Å². The Kier molecular flexibility index (Phi) is 5.54. The molecule has 0 N–H and O–H groups in total. The average Bonchev–Trinajstić information content (AvgIpc) is 2.40. The summed E-state index contributed by atoms with van der Waals surface area (Å²) in [6, 6.07) is 6.26. The molecule has 1 rings (SSSR count). The zero-order chi connectivity index (χ0) is 14.7. The lowest BCUT2D eigenvalue weighted by Crippen LogP contribution is -2.48. The molecular weight excluding hydrogens is 308 g/mol. The molecule has 1 unspecified atom stereocenters. The molecular formula is C11H17ClO5SSi. The number of benzene rings is 1. The van der Waals surface area contributed by atoms with Crippen LogP contribution in [-0.2, 0) is 22.3 Å². The zero-order valence-corrected chi connectivity index (χ0v) is 13.8. The summed E-state index contributed by atoms with van der Waals surface area (Å²) < 4.78 is 38.6. The molecule has 5 nitrogen and oxygen atoms in total. The van der Waals surface area contributed by atoms with Gasteiger partial charge in [0.05, 0.1) is 10.4 Å². The van der Waals surface area contributed by atoms with Crippen LogP contribution in [0.15, 0.2) is 29.2 Å².